The second-order valence-electron chi connectivity index (χ2n) is 5.56. The van der Waals surface area contributed by atoms with Crippen molar-refractivity contribution in [3.8, 4) is 0 Å². The summed E-state index contributed by atoms with van der Waals surface area (Å²) < 4.78 is 0. The number of non-ortho nitro benzene ring substituents is 1. The summed E-state index contributed by atoms with van der Waals surface area (Å²) in [6.07, 6.45) is 4.45. The molecule has 0 spiro atoms. The fourth-order valence-electron chi connectivity index (χ4n) is 2.90. The molecule has 0 aliphatic heterocycles. The molecule has 0 aromatic heterocycles. The van der Waals surface area contributed by atoms with Gasteiger partial charge < -0.3 is 11.1 Å². The molecule has 0 saturated heterocycles. The number of nitro benzene ring substituents is 1. The first-order valence-corrected chi connectivity index (χ1v) is 7.33. The van der Waals surface area contributed by atoms with Crippen molar-refractivity contribution in [1.82, 2.24) is 5.32 Å². The highest BCUT2D eigenvalue weighted by Gasteiger charge is 2.25. The second-order valence-corrected chi connectivity index (χ2v) is 5.56. The standard InChI is InChI=1S/C15H21N3O3.ClH/c16-10-12-5-1-2-7-14(12)17-15(19)9-11-4-3-6-13(8-11)18(20)21;/h3-4,6,8,12,14H,1-2,5,7,9-10,16H2,(H,17,19);1H. The van der Waals surface area contributed by atoms with Crippen molar-refractivity contribution in [3.63, 3.8) is 0 Å². The minimum Gasteiger partial charge on any atom is -0.353 e. The summed E-state index contributed by atoms with van der Waals surface area (Å²) in [5, 5.41) is 13.8. The van der Waals surface area contributed by atoms with E-state index in [4.69, 9.17) is 5.73 Å². The molecule has 2 unspecified atom stereocenters. The molecule has 1 aromatic carbocycles. The highest BCUT2D eigenvalue weighted by Crippen LogP contribution is 2.23. The van der Waals surface area contributed by atoms with Crippen LogP contribution in [0, 0.1) is 16.0 Å². The third-order valence-corrected chi connectivity index (χ3v) is 4.04. The summed E-state index contributed by atoms with van der Waals surface area (Å²) in [4.78, 5) is 22.4. The Kier molecular flexibility index (Phi) is 7.27. The van der Waals surface area contributed by atoms with E-state index < -0.39 is 4.92 Å². The molecule has 3 N–H and O–H groups in total. The molecule has 122 valence electrons. The molecular formula is C15H22ClN3O3. The van der Waals surface area contributed by atoms with Crippen molar-refractivity contribution < 1.29 is 9.72 Å². The summed E-state index contributed by atoms with van der Waals surface area (Å²) in [5.74, 6) is 0.244. The first kappa shape index (κ1) is 18.4. The van der Waals surface area contributed by atoms with Gasteiger partial charge in [-0.2, -0.15) is 0 Å². The number of halogens is 1. The molecule has 1 amide bonds. The van der Waals surface area contributed by atoms with E-state index >= 15 is 0 Å². The van der Waals surface area contributed by atoms with Gasteiger partial charge in [0.15, 0.2) is 0 Å². The van der Waals surface area contributed by atoms with Crippen LogP contribution in [0.25, 0.3) is 0 Å². The summed E-state index contributed by atoms with van der Waals surface area (Å²) in [6.45, 7) is 0.585. The van der Waals surface area contributed by atoms with Crippen LogP contribution in [0.15, 0.2) is 24.3 Å². The van der Waals surface area contributed by atoms with Crippen molar-refractivity contribution in [2.24, 2.45) is 11.7 Å². The molecule has 2 atom stereocenters. The zero-order valence-corrected chi connectivity index (χ0v) is 13.2. The van der Waals surface area contributed by atoms with Gasteiger partial charge in [0.1, 0.15) is 0 Å². The molecule has 7 heteroatoms. The Morgan fingerprint density at radius 3 is 2.77 bits per heavy atom. The van der Waals surface area contributed by atoms with Gasteiger partial charge in [0.25, 0.3) is 5.69 Å². The Morgan fingerprint density at radius 1 is 1.36 bits per heavy atom. The average molecular weight is 328 g/mol. The molecule has 0 heterocycles. The Morgan fingerprint density at radius 2 is 2.09 bits per heavy atom. The summed E-state index contributed by atoms with van der Waals surface area (Å²) in [6, 6.07) is 6.33. The molecule has 2 rings (SSSR count). The van der Waals surface area contributed by atoms with Crippen molar-refractivity contribution in [3.05, 3.63) is 39.9 Å². The highest BCUT2D eigenvalue weighted by molar-refractivity contribution is 5.85. The minimum absolute atomic E-state index is 0. The van der Waals surface area contributed by atoms with E-state index in [0.29, 0.717) is 18.0 Å². The van der Waals surface area contributed by atoms with Gasteiger partial charge in [0.2, 0.25) is 5.91 Å². The number of nitro groups is 1. The van der Waals surface area contributed by atoms with Crippen molar-refractivity contribution >= 4 is 24.0 Å². The normalized spacial score (nSPS) is 20.8. The third-order valence-electron chi connectivity index (χ3n) is 4.04. The Labute approximate surface area is 136 Å². The van der Waals surface area contributed by atoms with Crippen LogP contribution in [-0.2, 0) is 11.2 Å². The van der Waals surface area contributed by atoms with Gasteiger partial charge in [-0.1, -0.05) is 25.0 Å². The lowest BCUT2D eigenvalue weighted by molar-refractivity contribution is -0.384. The quantitative estimate of drug-likeness (QED) is 0.639. The maximum absolute atomic E-state index is 12.1. The third kappa shape index (κ3) is 4.96. The molecule has 1 saturated carbocycles. The zero-order chi connectivity index (χ0) is 15.2. The van der Waals surface area contributed by atoms with E-state index in [-0.39, 0.29) is 36.5 Å². The number of nitrogens with one attached hydrogen (secondary N) is 1. The van der Waals surface area contributed by atoms with Gasteiger partial charge in [-0.05, 0) is 30.9 Å². The predicted octanol–water partition coefficient (Wildman–Crippen LogP) is 2.19. The van der Waals surface area contributed by atoms with Gasteiger partial charge in [-0.3, -0.25) is 14.9 Å². The number of nitrogens with two attached hydrogens (primary N) is 1. The summed E-state index contributed by atoms with van der Waals surface area (Å²) >= 11 is 0. The van der Waals surface area contributed by atoms with Crippen LogP contribution in [0.2, 0.25) is 0 Å². The van der Waals surface area contributed by atoms with Crippen molar-refractivity contribution in [2.45, 2.75) is 38.1 Å². The van der Waals surface area contributed by atoms with E-state index in [2.05, 4.69) is 5.32 Å². The number of hydrogen-bond donors (Lipinski definition) is 2. The van der Waals surface area contributed by atoms with E-state index in [9.17, 15) is 14.9 Å². The van der Waals surface area contributed by atoms with Crippen molar-refractivity contribution in [1.29, 1.82) is 0 Å². The van der Waals surface area contributed by atoms with Crippen LogP contribution in [0.1, 0.15) is 31.2 Å². The fraction of sp³-hybridized carbons (Fsp3) is 0.533. The lowest BCUT2D eigenvalue weighted by atomic mass is 9.84. The molecular weight excluding hydrogens is 306 g/mol. The number of hydrogen-bond acceptors (Lipinski definition) is 4. The molecule has 22 heavy (non-hydrogen) atoms. The molecule has 1 aliphatic carbocycles. The number of carbonyl (C=O) groups excluding carboxylic acids is 1. The lowest BCUT2D eigenvalue weighted by Crippen LogP contribution is -2.45. The molecule has 1 aromatic rings. The molecule has 0 bridgehead atoms. The smallest absolute Gasteiger partial charge is 0.269 e. The van der Waals surface area contributed by atoms with Crippen LogP contribution in [0.3, 0.4) is 0 Å². The van der Waals surface area contributed by atoms with Gasteiger partial charge >= 0.3 is 0 Å². The van der Waals surface area contributed by atoms with Gasteiger partial charge in [-0.15, -0.1) is 12.4 Å². The van der Waals surface area contributed by atoms with E-state index in [0.717, 1.165) is 19.3 Å². The first-order valence-electron chi connectivity index (χ1n) is 7.33. The van der Waals surface area contributed by atoms with Crippen LogP contribution in [-0.4, -0.2) is 23.4 Å². The van der Waals surface area contributed by atoms with Crippen LogP contribution in [0.5, 0.6) is 0 Å². The SMILES string of the molecule is Cl.NCC1CCCCC1NC(=O)Cc1cccc([N+](=O)[O-])c1. The van der Waals surface area contributed by atoms with E-state index in [1.54, 1.807) is 12.1 Å². The zero-order valence-electron chi connectivity index (χ0n) is 12.4. The van der Waals surface area contributed by atoms with Crippen LogP contribution >= 0.6 is 12.4 Å². The van der Waals surface area contributed by atoms with Crippen molar-refractivity contribution in [2.75, 3.05) is 6.54 Å². The Bertz CT molecular complexity index is 525. The highest BCUT2D eigenvalue weighted by atomic mass is 35.5. The minimum atomic E-state index is -0.451. The monoisotopic (exact) mass is 327 g/mol. The first-order chi connectivity index (χ1) is 10.1. The average Bonchev–Trinajstić information content (AvgIpc) is 2.48. The maximum Gasteiger partial charge on any atom is 0.269 e. The Hall–Kier alpha value is -1.66. The van der Waals surface area contributed by atoms with Crippen LogP contribution in [0.4, 0.5) is 5.69 Å². The second kappa shape index (κ2) is 8.70. The number of benzene rings is 1. The number of carbonyl (C=O) groups is 1. The molecule has 6 nitrogen and oxygen atoms in total. The predicted molar refractivity (Wildman–Crippen MR) is 87.0 cm³/mol. The largest absolute Gasteiger partial charge is 0.353 e. The molecule has 0 radical (unpaired) electrons. The van der Waals surface area contributed by atoms with E-state index in [1.165, 1.54) is 18.6 Å². The summed E-state index contributed by atoms with van der Waals surface area (Å²) in [7, 11) is 0. The number of amides is 1. The lowest BCUT2D eigenvalue weighted by Gasteiger charge is -2.31. The molecule has 1 fully saturated rings. The Balaban J connectivity index is 0.00000242. The van der Waals surface area contributed by atoms with Gasteiger partial charge in [0, 0.05) is 18.2 Å². The topological polar surface area (TPSA) is 98.3 Å². The maximum atomic E-state index is 12.1. The number of rotatable bonds is 5. The summed E-state index contributed by atoms with van der Waals surface area (Å²) in [5.41, 5.74) is 6.42. The van der Waals surface area contributed by atoms with Gasteiger partial charge in [-0.25, -0.2) is 0 Å². The molecule has 1 aliphatic rings. The van der Waals surface area contributed by atoms with Gasteiger partial charge in [0.05, 0.1) is 11.3 Å². The van der Waals surface area contributed by atoms with Crippen LogP contribution < -0.4 is 11.1 Å². The van der Waals surface area contributed by atoms with E-state index in [1.807, 2.05) is 0 Å². The fourth-order valence-corrected chi connectivity index (χ4v) is 2.90. The number of nitrogens with zero attached hydrogens (tertiary/aromatic N) is 1.